The van der Waals surface area contributed by atoms with Crippen LogP contribution in [0.2, 0.25) is 0 Å². The summed E-state index contributed by atoms with van der Waals surface area (Å²) in [6, 6.07) is 9.37. The highest BCUT2D eigenvalue weighted by Gasteiger charge is 2.22. The van der Waals surface area contributed by atoms with Crippen molar-refractivity contribution in [1.82, 2.24) is 4.90 Å². The maximum Gasteiger partial charge on any atom is 0.0237 e. The molecule has 3 heteroatoms. The average molecular weight is 316 g/mol. The molecule has 1 aromatic rings. The van der Waals surface area contributed by atoms with Crippen molar-refractivity contribution < 1.29 is 0 Å². The van der Waals surface area contributed by atoms with Gasteiger partial charge in [-0.25, -0.2) is 0 Å². The first-order chi connectivity index (χ1) is 7.29. The van der Waals surface area contributed by atoms with Crippen LogP contribution in [-0.2, 0) is 6.54 Å². The van der Waals surface area contributed by atoms with Gasteiger partial charge in [-0.05, 0) is 59.7 Å². The molecule has 1 fully saturated rings. The third-order valence-electron chi connectivity index (χ3n) is 3.07. The standard InChI is InChI=1S/C12H17IN2/c13-11-5-3-10(4-6-11)9-15-7-1-2-12(15)8-14/h3-6,12H,1-2,7-9,14H2/t12-/m1/s1. The quantitative estimate of drug-likeness (QED) is 0.867. The summed E-state index contributed by atoms with van der Waals surface area (Å²) in [5.74, 6) is 0. The zero-order valence-corrected chi connectivity index (χ0v) is 11.0. The van der Waals surface area contributed by atoms with Gasteiger partial charge in [-0.3, -0.25) is 4.90 Å². The molecule has 1 aliphatic rings. The van der Waals surface area contributed by atoms with E-state index in [-0.39, 0.29) is 0 Å². The summed E-state index contributed by atoms with van der Waals surface area (Å²) < 4.78 is 1.30. The predicted octanol–water partition coefficient (Wildman–Crippen LogP) is 2.21. The van der Waals surface area contributed by atoms with Crippen molar-refractivity contribution in [1.29, 1.82) is 0 Å². The van der Waals surface area contributed by atoms with E-state index < -0.39 is 0 Å². The zero-order valence-electron chi connectivity index (χ0n) is 8.82. The van der Waals surface area contributed by atoms with Crippen molar-refractivity contribution in [2.45, 2.75) is 25.4 Å². The van der Waals surface area contributed by atoms with Gasteiger partial charge in [-0.1, -0.05) is 12.1 Å². The Morgan fingerprint density at radius 2 is 2.07 bits per heavy atom. The van der Waals surface area contributed by atoms with Gasteiger partial charge in [0, 0.05) is 22.7 Å². The minimum absolute atomic E-state index is 0.601. The molecule has 1 aliphatic heterocycles. The van der Waals surface area contributed by atoms with Gasteiger partial charge in [0.05, 0.1) is 0 Å². The molecule has 0 radical (unpaired) electrons. The lowest BCUT2D eigenvalue weighted by atomic mass is 10.2. The van der Waals surface area contributed by atoms with Gasteiger partial charge in [-0.2, -0.15) is 0 Å². The molecule has 0 amide bonds. The predicted molar refractivity (Wildman–Crippen MR) is 71.6 cm³/mol. The van der Waals surface area contributed by atoms with Crippen molar-refractivity contribution in [3.8, 4) is 0 Å². The second kappa shape index (κ2) is 5.27. The second-order valence-corrected chi connectivity index (χ2v) is 5.37. The summed E-state index contributed by atoms with van der Waals surface area (Å²) in [4.78, 5) is 2.50. The van der Waals surface area contributed by atoms with Crippen LogP contribution >= 0.6 is 22.6 Å². The molecule has 1 saturated heterocycles. The number of nitrogens with two attached hydrogens (primary N) is 1. The highest BCUT2D eigenvalue weighted by atomic mass is 127. The first kappa shape index (κ1) is 11.4. The normalized spacial score (nSPS) is 22.1. The van der Waals surface area contributed by atoms with Crippen LogP contribution in [0.25, 0.3) is 0 Å². The first-order valence-electron chi connectivity index (χ1n) is 5.48. The van der Waals surface area contributed by atoms with Gasteiger partial charge < -0.3 is 5.73 Å². The van der Waals surface area contributed by atoms with Crippen LogP contribution < -0.4 is 5.73 Å². The van der Waals surface area contributed by atoms with Crippen LogP contribution in [0.3, 0.4) is 0 Å². The highest BCUT2D eigenvalue weighted by molar-refractivity contribution is 14.1. The number of benzene rings is 1. The smallest absolute Gasteiger partial charge is 0.0237 e. The summed E-state index contributed by atoms with van der Waals surface area (Å²) in [6.07, 6.45) is 2.56. The molecule has 2 N–H and O–H groups in total. The number of halogens is 1. The lowest BCUT2D eigenvalue weighted by molar-refractivity contribution is 0.250. The van der Waals surface area contributed by atoms with Crippen molar-refractivity contribution in [3.05, 3.63) is 33.4 Å². The van der Waals surface area contributed by atoms with Gasteiger partial charge >= 0.3 is 0 Å². The van der Waals surface area contributed by atoms with E-state index in [4.69, 9.17) is 5.73 Å². The molecule has 0 aliphatic carbocycles. The monoisotopic (exact) mass is 316 g/mol. The number of likely N-dealkylation sites (tertiary alicyclic amines) is 1. The maximum atomic E-state index is 5.76. The van der Waals surface area contributed by atoms with E-state index >= 15 is 0 Å². The number of hydrogen-bond donors (Lipinski definition) is 1. The van der Waals surface area contributed by atoms with Gasteiger partial charge in [0.1, 0.15) is 0 Å². The van der Waals surface area contributed by atoms with Crippen molar-refractivity contribution in [2.24, 2.45) is 5.73 Å². The molecule has 1 heterocycles. The molecule has 15 heavy (non-hydrogen) atoms. The summed E-state index contributed by atoms with van der Waals surface area (Å²) in [5.41, 5.74) is 7.16. The highest BCUT2D eigenvalue weighted by Crippen LogP contribution is 2.19. The Labute approximate surface area is 105 Å². The van der Waals surface area contributed by atoms with Crippen LogP contribution in [-0.4, -0.2) is 24.0 Å². The molecule has 1 atom stereocenters. The average Bonchev–Trinajstić information content (AvgIpc) is 2.69. The maximum absolute atomic E-state index is 5.76. The number of rotatable bonds is 3. The van der Waals surface area contributed by atoms with Gasteiger partial charge in [0.25, 0.3) is 0 Å². The number of nitrogens with zero attached hydrogens (tertiary/aromatic N) is 1. The van der Waals surface area contributed by atoms with E-state index in [9.17, 15) is 0 Å². The Balaban J connectivity index is 1.99. The van der Waals surface area contributed by atoms with Crippen molar-refractivity contribution in [2.75, 3.05) is 13.1 Å². The fraction of sp³-hybridized carbons (Fsp3) is 0.500. The number of hydrogen-bond acceptors (Lipinski definition) is 2. The van der Waals surface area contributed by atoms with Gasteiger partial charge in [0.2, 0.25) is 0 Å². The van der Waals surface area contributed by atoms with Crippen LogP contribution in [0.4, 0.5) is 0 Å². The Morgan fingerprint density at radius 3 is 2.73 bits per heavy atom. The minimum atomic E-state index is 0.601. The largest absolute Gasteiger partial charge is 0.329 e. The van der Waals surface area contributed by atoms with E-state index in [1.165, 1.54) is 28.5 Å². The van der Waals surface area contributed by atoms with Crippen LogP contribution in [0.5, 0.6) is 0 Å². The lowest BCUT2D eigenvalue weighted by Crippen LogP contribution is -2.34. The van der Waals surface area contributed by atoms with E-state index in [0.717, 1.165) is 13.1 Å². The summed E-state index contributed by atoms with van der Waals surface area (Å²) in [7, 11) is 0. The SMILES string of the molecule is NC[C@H]1CCCN1Cc1ccc(I)cc1. The minimum Gasteiger partial charge on any atom is -0.329 e. The fourth-order valence-corrected chi connectivity index (χ4v) is 2.55. The Hall–Kier alpha value is -0.130. The molecule has 2 rings (SSSR count). The Kier molecular flexibility index (Phi) is 3.99. The third kappa shape index (κ3) is 2.92. The van der Waals surface area contributed by atoms with Gasteiger partial charge in [0.15, 0.2) is 0 Å². The molecule has 0 aromatic heterocycles. The molecule has 1 aromatic carbocycles. The van der Waals surface area contributed by atoms with E-state index in [1.807, 2.05) is 0 Å². The molecule has 0 unspecified atom stereocenters. The molecule has 0 bridgehead atoms. The summed E-state index contributed by atoms with van der Waals surface area (Å²) in [5, 5.41) is 0. The third-order valence-corrected chi connectivity index (χ3v) is 3.79. The topological polar surface area (TPSA) is 29.3 Å². The van der Waals surface area contributed by atoms with Crippen LogP contribution in [0.1, 0.15) is 18.4 Å². The summed E-state index contributed by atoms with van der Waals surface area (Å²) in [6.45, 7) is 3.05. The van der Waals surface area contributed by atoms with E-state index in [0.29, 0.717) is 6.04 Å². The second-order valence-electron chi connectivity index (χ2n) is 4.13. The molecule has 82 valence electrons. The Morgan fingerprint density at radius 1 is 1.33 bits per heavy atom. The van der Waals surface area contributed by atoms with Crippen molar-refractivity contribution >= 4 is 22.6 Å². The fourth-order valence-electron chi connectivity index (χ4n) is 2.19. The van der Waals surface area contributed by atoms with Gasteiger partial charge in [-0.15, -0.1) is 0 Å². The molecule has 0 spiro atoms. The lowest BCUT2D eigenvalue weighted by Gasteiger charge is -2.23. The molecular weight excluding hydrogens is 299 g/mol. The molecule has 0 saturated carbocycles. The van der Waals surface area contributed by atoms with Crippen LogP contribution in [0, 0.1) is 3.57 Å². The zero-order chi connectivity index (χ0) is 10.7. The van der Waals surface area contributed by atoms with E-state index in [1.54, 1.807) is 0 Å². The van der Waals surface area contributed by atoms with E-state index in [2.05, 4.69) is 51.8 Å². The first-order valence-corrected chi connectivity index (χ1v) is 6.56. The van der Waals surface area contributed by atoms with Crippen LogP contribution in [0.15, 0.2) is 24.3 Å². The van der Waals surface area contributed by atoms with Crippen molar-refractivity contribution in [3.63, 3.8) is 0 Å². The molecular formula is C12H17IN2. The Bertz CT molecular complexity index is 310. The summed E-state index contributed by atoms with van der Waals surface area (Å²) >= 11 is 2.34. The molecule has 2 nitrogen and oxygen atoms in total.